The van der Waals surface area contributed by atoms with Crippen LogP contribution in [0.4, 0.5) is 0 Å². The van der Waals surface area contributed by atoms with Crippen molar-refractivity contribution in [1.29, 1.82) is 0 Å². The van der Waals surface area contributed by atoms with Crippen molar-refractivity contribution in [3.8, 4) is 0 Å². The molecule has 3 unspecified atom stereocenters. The minimum absolute atomic E-state index is 0.804. The van der Waals surface area contributed by atoms with Gasteiger partial charge in [-0.1, -0.05) is 22.4 Å². The summed E-state index contributed by atoms with van der Waals surface area (Å²) in [5, 5.41) is 0. The van der Waals surface area contributed by atoms with Crippen molar-refractivity contribution in [3.63, 3.8) is 0 Å². The van der Waals surface area contributed by atoms with Gasteiger partial charge in [-0.25, -0.2) is 0 Å². The number of alkyl halides is 1. The van der Waals surface area contributed by atoms with Crippen LogP contribution in [0, 0.1) is 0 Å². The van der Waals surface area contributed by atoms with Crippen molar-refractivity contribution in [1.82, 2.24) is 0 Å². The zero-order chi connectivity index (χ0) is 5.98. The Kier molecular flexibility index (Phi) is 2.79. The van der Waals surface area contributed by atoms with Gasteiger partial charge in [0.2, 0.25) is 0 Å². The maximum Gasteiger partial charge on any atom is 0.0151 e. The summed E-state index contributed by atoms with van der Waals surface area (Å²) in [5.74, 6) is 0. The second-order valence-electron chi connectivity index (χ2n) is 2.52. The lowest BCUT2D eigenvalue weighted by Gasteiger charge is -2.21. The minimum atomic E-state index is 0.804. The molecule has 48 valence electrons. The van der Waals surface area contributed by atoms with Gasteiger partial charge in [0.05, 0.1) is 0 Å². The molecule has 1 fully saturated rings. The summed E-state index contributed by atoms with van der Waals surface area (Å²) < 4.78 is 0. The van der Waals surface area contributed by atoms with Crippen molar-refractivity contribution in [2.75, 3.05) is 0 Å². The fraction of sp³-hybridized carbons (Fsp3) is 1.00. The second-order valence-corrected chi connectivity index (χ2v) is 4.76. The van der Waals surface area contributed by atoms with Crippen LogP contribution in [0.1, 0.15) is 25.7 Å². The van der Waals surface area contributed by atoms with Crippen molar-refractivity contribution in [2.45, 2.75) is 36.2 Å². The Bertz CT molecular complexity index is 66.9. The average Bonchev–Trinajstić information content (AvgIpc) is 1.64. The first-order valence-electron chi connectivity index (χ1n) is 3.18. The predicted octanol–water partition coefficient (Wildman–Crippen LogP) is 2.57. The highest BCUT2D eigenvalue weighted by atomic mass is 79.9. The largest absolute Gasteiger partial charge is 0.134 e. The molecular weight excluding hydrogens is 183 g/mol. The van der Waals surface area contributed by atoms with Crippen molar-refractivity contribution in [3.05, 3.63) is 0 Å². The van der Waals surface area contributed by atoms with Crippen molar-refractivity contribution < 1.29 is 0 Å². The van der Waals surface area contributed by atoms with Crippen LogP contribution < -0.4 is 0 Å². The summed E-state index contributed by atoms with van der Waals surface area (Å²) in [7, 11) is 2.90. The van der Waals surface area contributed by atoms with Gasteiger partial charge >= 0.3 is 0 Å². The van der Waals surface area contributed by atoms with Gasteiger partial charge in [-0.2, -0.15) is 0 Å². The third kappa shape index (κ3) is 2.03. The third-order valence-corrected chi connectivity index (χ3v) is 3.09. The normalized spacial score (nSPS) is 39.8. The van der Waals surface area contributed by atoms with Gasteiger partial charge in [-0.15, -0.1) is 9.24 Å². The highest BCUT2D eigenvalue weighted by Gasteiger charge is 2.15. The number of hydrogen-bond acceptors (Lipinski definition) is 0. The van der Waals surface area contributed by atoms with Crippen molar-refractivity contribution in [2.24, 2.45) is 0 Å². The molecule has 3 atom stereocenters. The Morgan fingerprint density at radius 1 is 1.38 bits per heavy atom. The molecule has 1 aliphatic rings. The highest BCUT2D eigenvalue weighted by molar-refractivity contribution is 9.09. The van der Waals surface area contributed by atoms with Gasteiger partial charge in [-0.3, -0.25) is 0 Å². The molecule has 0 aromatic heterocycles. The maximum absolute atomic E-state index is 3.62. The van der Waals surface area contributed by atoms with Crippen LogP contribution in [-0.4, -0.2) is 10.5 Å². The molecule has 0 aromatic rings. The molecule has 1 saturated carbocycles. The fourth-order valence-electron chi connectivity index (χ4n) is 1.17. The van der Waals surface area contributed by atoms with Crippen LogP contribution in [0.5, 0.6) is 0 Å². The summed E-state index contributed by atoms with van der Waals surface area (Å²) in [6.45, 7) is 0. The lowest BCUT2D eigenvalue weighted by Crippen LogP contribution is -2.13. The molecule has 0 bridgehead atoms. The molecular formula is C6H12BrP. The molecule has 8 heavy (non-hydrogen) atoms. The van der Waals surface area contributed by atoms with Gasteiger partial charge in [0.15, 0.2) is 0 Å². The van der Waals surface area contributed by atoms with Crippen LogP contribution >= 0.6 is 25.2 Å². The van der Waals surface area contributed by atoms with Crippen LogP contribution in [0.2, 0.25) is 0 Å². The SMILES string of the molecule is PC1CCCC(Br)C1. The van der Waals surface area contributed by atoms with Crippen molar-refractivity contribution >= 4 is 25.2 Å². The van der Waals surface area contributed by atoms with Crippen LogP contribution in [-0.2, 0) is 0 Å². The minimum Gasteiger partial charge on any atom is -0.134 e. The molecule has 1 aliphatic carbocycles. The Balaban J connectivity index is 2.23. The summed E-state index contributed by atoms with van der Waals surface area (Å²) in [6, 6.07) is 0. The molecule has 0 aromatic carbocycles. The van der Waals surface area contributed by atoms with E-state index >= 15 is 0 Å². The number of halogens is 1. The molecule has 0 heterocycles. The lowest BCUT2D eigenvalue weighted by molar-refractivity contribution is 0.533. The molecule has 0 radical (unpaired) electrons. The molecule has 2 heteroatoms. The fourth-order valence-corrected chi connectivity index (χ4v) is 2.93. The molecule has 0 aliphatic heterocycles. The first-order valence-corrected chi connectivity index (χ1v) is 4.77. The summed E-state index contributed by atoms with van der Waals surface area (Å²) >= 11 is 3.62. The molecule has 0 amide bonds. The standard InChI is InChI=1S/C6H12BrP/c7-5-2-1-3-6(8)4-5/h5-6H,1-4,8H2. The van der Waals surface area contributed by atoms with E-state index in [1.165, 1.54) is 25.7 Å². The van der Waals surface area contributed by atoms with Gasteiger partial charge in [0.1, 0.15) is 0 Å². The molecule has 0 spiro atoms. The van der Waals surface area contributed by atoms with Gasteiger partial charge in [0.25, 0.3) is 0 Å². The number of rotatable bonds is 0. The summed E-state index contributed by atoms with van der Waals surface area (Å²) in [4.78, 5) is 0.804. The van der Waals surface area contributed by atoms with E-state index in [-0.39, 0.29) is 0 Å². The molecule has 0 N–H and O–H groups in total. The van der Waals surface area contributed by atoms with E-state index in [0.717, 1.165) is 10.5 Å². The quantitative estimate of drug-likeness (QED) is 0.411. The van der Waals surface area contributed by atoms with Gasteiger partial charge in [0, 0.05) is 4.83 Å². The van der Waals surface area contributed by atoms with E-state index in [1.807, 2.05) is 0 Å². The molecule has 0 nitrogen and oxygen atoms in total. The van der Waals surface area contributed by atoms with E-state index in [0.29, 0.717) is 0 Å². The Hall–Kier alpha value is 0.910. The van der Waals surface area contributed by atoms with E-state index in [9.17, 15) is 0 Å². The highest BCUT2D eigenvalue weighted by Crippen LogP contribution is 2.28. The lowest BCUT2D eigenvalue weighted by atomic mass is 10.0. The predicted molar refractivity (Wildman–Crippen MR) is 44.7 cm³/mol. The van der Waals surface area contributed by atoms with Gasteiger partial charge in [-0.05, 0) is 24.9 Å². The Labute approximate surface area is 61.8 Å². The average molecular weight is 195 g/mol. The Morgan fingerprint density at radius 2 is 2.12 bits per heavy atom. The van der Waals surface area contributed by atoms with Crippen LogP contribution in [0.3, 0.4) is 0 Å². The monoisotopic (exact) mass is 194 g/mol. The van der Waals surface area contributed by atoms with E-state index < -0.39 is 0 Å². The molecule has 1 rings (SSSR count). The van der Waals surface area contributed by atoms with E-state index in [1.54, 1.807) is 0 Å². The maximum atomic E-state index is 3.62. The zero-order valence-corrected chi connectivity index (χ0v) is 7.68. The smallest absolute Gasteiger partial charge is 0.0151 e. The topological polar surface area (TPSA) is 0 Å². The summed E-state index contributed by atoms with van der Waals surface area (Å²) in [6.07, 6.45) is 5.55. The third-order valence-electron chi connectivity index (χ3n) is 1.65. The summed E-state index contributed by atoms with van der Waals surface area (Å²) in [5.41, 5.74) is 0.883. The number of hydrogen-bond donors (Lipinski definition) is 0. The molecule has 0 saturated heterocycles. The zero-order valence-electron chi connectivity index (χ0n) is 4.94. The second kappa shape index (κ2) is 3.17. The van der Waals surface area contributed by atoms with E-state index in [4.69, 9.17) is 0 Å². The van der Waals surface area contributed by atoms with E-state index in [2.05, 4.69) is 25.2 Å². The van der Waals surface area contributed by atoms with Gasteiger partial charge < -0.3 is 0 Å². The van der Waals surface area contributed by atoms with Crippen LogP contribution in [0.15, 0.2) is 0 Å². The Morgan fingerprint density at radius 3 is 2.50 bits per heavy atom. The first-order chi connectivity index (χ1) is 3.79. The first kappa shape index (κ1) is 7.02. The van der Waals surface area contributed by atoms with Crippen LogP contribution in [0.25, 0.3) is 0 Å².